The molecule has 0 heterocycles. The van der Waals surface area contributed by atoms with Gasteiger partial charge in [-0.3, -0.25) is 9.59 Å². The maximum absolute atomic E-state index is 13.8. The zero-order valence-corrected chi connectivity index (χ0v) is 22.0. The third-order valence-corrected chi connectivity index (χ3v) is 5.25. The summed E-state index contributed by atoms with van der Waals surface area (Å²) in [5.41, 5.74) is 0.142. The number of aromatic hydroxyl groups is 1. The summed E-state index contributed by atoms with van der Waals surface area (Å²) < 4.78 is 5.24. The van der Waals surface area contributed by atoms with Crippen molar-refractivity contribution in [2.75, 3.05) is 11.9 Å². The molecule has 0 aliphatic heterocycles. The molecular weight excluding hydrogens is 462 g/mol. The predicted molar refractivity (Wildman–Crippen MR) is 137 cm³/mol. The Hall–Kier alpha value is -3.59. The summed E-state index contributed by atoms with van der Waals surface area (Å²) in [6.45, 7) is 11.4. The minimum Gasteiger partial charge on any atom is -0.508 e. The second-order valence-corrected chi connectivity index (χ2v) is 10.6. The molecule has 0 aliphatic rings. The van der Waals surface area contributed by atoms with E-state index in [1.54, 1.807) is 65.8 Å². The number of carbonyl (C=O) groups excluding carboxylic acids is 3. The van der Waals surface area contributed by atoms with Gasteiger partial charge in [0.25, 0.3) is 5.91 Å². The number of aryl methyl sites for hydroxylation is 1. The quantitative estimate of drug-likeness (QED) is 0.458. The zero-order chi connectivity index (χ0) is 27.3. The van der Waals surface area contributed by atoms with Gasteiger partial charge in [-0.1, -0.05) is 30.3 Å². The van der Waals surface area contributed by atoms with E-state index in [-0.39, 0.29) is 5.75 Å². The molecule has 4 N–H and O–H groups in total. The van der Waals surface area contributed by atoms with Crippen LogP contribution in [-0.4, -0.2) is 56.8 Å². The van der Waals surface area contributed by atoms with Crippen molar-refractivity contribution in [1.29, 1.82) is 0 Å². The van der Waals surface area contributed by atoms with E-state index in [1.165, 1.54) is 17.0 Å². The molecule has 0 fully saturated rings. The van der Waals surface area contributed by atoms with E-state index in [1.807, 2.05) is 19.1 Å². The van der Waals surface area contributed by atoms with Gasteiger partial charge in [-0.25, -0.2) is 4.79 Å². The number of aliphatic hydroxyl groups is 1. The van der Waals surface area contributed by atoms with Crippen molar-refractivity contribution < 1.29 is 29.3 Å². The highest BCUT2D eigenvalue weighted by molar-refractivity contribution is 5.99. The summed E-state index contributed by atoms with van der Waals surface area (Å²) in [5, 5.41) is 25.1. The molecule has 0 spiro atoms. The summed E-state index contributed by atoms with van der Waals surface area (Å²) in [4.78, 5) is 41.2. The van der Waals surface area contributed by atoms with Gasteiger partial charge in [0.15, 0.2) is 0 Å². The number of aliphatic hydroxyl groups excluding tert-OH is 1. The van der Waals surface area contributed by atoms with Crippen LogP contribution >= 0.6 is 0 Å². The van der Waals surface area contributed by atoms with Gasteiger partial charge in [0.1, 0.15) is 23.4 Å². The molecule has 2 aromatic rings. The summed E-state index contributed by atoms with van der Waals surface area (Å²) in [6.07, 6.45) is -0.866. The van der Waals surface area contributed by atoms with Crippen molar-refractivity contribution >= 4 is 23.6 Å². The van der Waals surface area contributed by atoms with Gasteiger partial charge >= 0.3 is 6.09 Å². The first-order valence-corrected chi connectivity index (χ1v) is 11.7. The normalized spacial score (nSPS) is 13.3. The number of anilines is 1. The molecule has 0 saturated heterocycles. The average Bonchev–Trinajstić information content (AvgIpc) is 2.75. The number of rotatable bonds is 7. The summed E-state index contributed by atoms with van der Waals surface area (Å²) in [6, 6.07) is 10.7. The van der Waals surface area contributed by atoms with Gasteiger partial charge in [0, 0.05) is 11.2 Å². The molecule has 2 atom stereocenters. The summed E-state index contributed by atoms with van der Waals surface area (Å²) in [5.74, 6) is -1.16. The predicted octanol–water partition coefficient (Wildman–Crippen LogP) is 3.89. The molecule has 3 amide bonds. The number of ether oxygens (including phenoxy) is 1. The van der Waals surface area contributed by atoms with Crippen LogP contribution in [0.25, 0.3) is 0 Å². The Labute approximate surface area is 212 Å². The van der Waals surface area contributed by atoms with E-state index < -0.39 is 47.7 Å². The third kappa shape index (κ3) is 7.71. The topological polar surface area (TPSA) is 128 Å². The van der Waals surface area contributed by atoms with E-state index in [0.29, 0.717) is 11.3 Å². The first kappa shape index (κ1) is 28.6. The van der Waals surface area contributed by atoms with Crippen LogP contribution in [0, 0.1) is 6.92 Å². The molecule has 9 nitrogen and oxygen atoms in total. The van der Waals surface area contributed by atoms with E-state index >= 15 is 0 Å². The van der Waals surface area contributed by atoms with Gasteiger partial charge in [-0.2, -0.15) is 0 Å². The van der Waals surface area contributed by atoms with Crippen molar-refractivity contribution in [3.05, 3.63) is 59.7 Å². The smallest absolute Gasteiger partial charge is 0.408 e. The molecule has 2 unspecified atom stereocenters. The molecule has 2 aromatic carbocycles. The molecule has 0 saturated carbocycles. The number of phenols is 1. The molecule has 0 aliphatic carbocycles. The van der Waals surface area contributed by atoms with Crippen molar-refractivity contribution in [3.8, 4) is 5.75 Å². The number of hydrogen-bond donors (Lipinski definition) is 4. The first-order valence-electron chi connectivity index (χ1n) is 11.7. The van der Waals surface area contributed by atoms with E-state index in [2.05, 4.69) is 10.6 Å². The lowest BCUT2D eigenvalue weighted by Gasteiger charge is -2.42. The molecule has 196 valence electrons. The van der Waals surface area contributed by atoms with Gasteiger partial charge in [0.2, 0.25) is 5.91 Å². The SMILES string of the molecule is Cc1ccccc1NC(=O)C(c1ccc(O)cc1)N(C(=O)C(CO)NC(=O)OC(C)(C)C)C(C)(C)C. The number of phenolic OH excluding ortho intramolecular Hbond substituents is 1. The fourth-order valence-electron chi connectivity index (χ4n) is 3.64. The van der Waals surface area contributed by atoms with E-state index in [0.717, 1.165) is 5.56 Å². The minimum atomic E-state index is -1.36. The average molecular weight is 500 g/mol. The van der Waals surface area contributed by atoms with Gasteiger partial charge in [-0.15, -0.1) is 0 Å². The van der Waals surface area contributed by atoms with Crippen LogP contribution in [0.4, 0.5) is 10.5 Å². The Morgan fingerprint density at radius 3 is 2.06 bits per heavy atom. The van der Waals surface area contributed by atoms with Gasteiger partial charge in [0.05, 0.1) is 6.61 Å². The van der Waals surface area contributed by atoms with E-state index in [4.69, 9.17) is 4.74 Å². The molecule has 0 radical (unpaired) electrons. The summed E-state index contributed by atoms with van der Waals surface area (Å²) in [7, 11) is 0. The fourth-order valence-corrected chi connectivity index (χ4v) is 3.64. The lowest BCUT2D eigenvalue weighted by Crippen LogP contribution is -2.59. The summed E-state index contributed by atoms with van der Waals surface area (Å²) >= 11 is 0. The minimum absolute atomic E-state index is 0.00488. The van der Waals surface area contributed by atoms with Gasteiger partial charge in [-0.05, 0) is 77.8 Å². The largest absolute Gasteiger partial charge is 0.508 e. The fraction of sp³-hybridized carbons (Fsp3) is 0.444. The standard InChI is InChI=1S/C27H37N3O6/c1-17-10-8-9-11-20(17)28-23(33)22(18-12-14-19(32)15-13-18)30(26(2,3)4)24(34)21(16-31)29-25(35)36-27(5,6)7/h8-15,21-22,31-32H,16H2,1-7H3,(H,28,33)(H,29,35). The number of amides is 3. The third-order valence-electron chi connectivity index (χ3n) is 5.25. The highest BCUT2D eigenvalue weighted by Crippen LogP contribution is 2.32. The highest BCUT2D eigenvalue weighted by atomic mass is 16.6. The molecule has 2 rings (SSSR count). The van der Waals surface area contributed by atoms with Crippen LogP contribution in [0.15, 0.2) is 48.5 Å². The number of nitrogens with zero attached hydrogens (tertiary/aromatic N) is 1. The second kappa shape index (κ2) is 11.4. The number of benzene rings is 2. The van der Waals surface area contributed by atoms with Crippen LogP contribution in [0.3, 0.4) is 0 Å². The number of carbonyl (C=O) groups is 3. The van der Waals surface area contributed by atoms with E-state index in [9.17, 15) is 24.6 Å². The number of alkyl carbamates (subject to hydrolysis) is 1. The molecule has 0 aromatic heterocycles. The Morgan fingerprint density at radius 1 is 0.972 bits per heavy atom. The molecular formula is C27H37N3O6. The zero-order valence-electron chi connectivity index (χ0n) is 22.0. The number of para-hydroxylation sites is 1. The van der Waals surface area contributed by atoms with Gasteiger partial charge < -0.3 is 30.5 Å². The number of nitrogens with one attached hydrogen (secondary N) is 2. The van der Waals surface area contributed by atoms with Crippen molar-refractivity contribution in [2.45, 2.75) is 71.7 Å². The van der Waals surface area contributed by atoms with Crippen LogP contribution in [0.1, 0.15) is 58.7 Å². The second-order valence-electron chi connectivity index (χ2n) is 10.6. The van der Waals surface area contributed by atoms with Crippen molar-refractivity contribution in [2.24, 2.45) is 0 Å². The Balaban J connectivity index is 2.52. The van der Waals surface area contributed by atoms with Crippen LogP contribution in [0.2, 0.25) is 0 Å². The van der Waals surface area contributed by atoms with Crippen molar-refractivity contribution in [3.63, 3.8) is 0 Å². The Bertz CT molecular complexity index is 1070. The maximum atomic E-state index is 13.8. The van der Waals surface area contributed by atoms with Crippen LogP contribution in [0.5, 0.6) is 5.75 Å². The molecule has 36 heavy (non-hydrogen) atoms. The van der Waals surface area contributed by atoms with Crippen LogP contribution in [-0.2, 0) is 14.3 Å². The molecule has 9 heteroatoms. The van der Waals surface area contributed by atoms with Crippen molar-refractivity contribution in [1.82, 2.24) is 10.2 Å². The lowest BCUT2D eigenvalue weighted by atomic mass is 9.95. The lowest BCUT2D eigenvalue weighted by molar-refractivity contribution is -0.147. The maximum Gasteiger partial charge on any atom is 0.408 e. The first-order chi connectivity index (χ1) is 16.6. The van der Waals surface area contributed by atoms with Crippen LogP contribution < -0.4 is 10.6 Å². The molecule has 0 bridgehead atoms. The number of hydrogen-bond acceptors (Lipinski definition) is 6. The Kier molecular flexibility index (Phi) is 9.10. The monoisotopic (exact) mass is 499 g/mol. The highest BCUT2D eigenvalue weighted by Gasteiger charge is 2.42. The Morgan fingerprint density at radius 2 is 1.56 bits per heavy atom.